The first-order valence-electron chi connectivity index (χ1n) is 8.87. The molecule has 0 spiro atoms. The molecule has 3 aromatic rings. The van der Waals surface area contributed by atoms with Crippen LogP contribution in [0.15, 0.2) is 63.8 Å². The van der Waals surface area contributed by atoms with Crippen molar-refractivity contribution in [2.24, 2.45) is 0 Å². The minimum atomic E-state index is -0.834. The summed E-state index contributed by atoms with van der Waals surface area (Å²) in [7, 11) is 1.50. The zero-order valence-corrected chi connectivity index (χ0v) is 16.0. The van der Waals surface area contributed by atoms with Gasteiger partial charge >= 0.3 is 11.7 Å². The monoisotopic (exact) mass is 410 g/mol. The van der Waals surface area contributed by atoms with E-state index in [0.29, 0.717) is 16.8 Å². The first-order chi connectivity index (χ1) is 14.5. The molecule has 10 nitrogen and oxygen atoms in total. The lowest BCUT2D eigenvalue weighted by Gasteiger charge is -2.07. The van der Waals surface area contributed by atoms with E-state index < -0.39 is 30.8 Å². The van der Waals surface area contributed by atoms with Crippen LogP contribution in [0, 0.1) is 0 Å². The maximum absolute atomic E-state index is 12.0. The van der Waals surface area contributed by atoms with E-state index in [1.54, 1.807) is 48.5 Å². The Morgan fingerprint density at radius 1 is 1.10 bits per heavy atom. The van der Waals surface area contributed by atoms with Gasteiger partial charge in [0.25, 0.3) is 11.8 Å². The van der Waals surface area contributed by atoms with E-state index in [-0.39, 0.29) is 11.8 Å². The number of hydrogen-bond acceptors (Lipinski definition) is 7. The number of rotatable bonds is 7. The summed E-state index contributed by atoms with van der Waals surface area (Å²) in [6.07, 6.45) is 0. The van der Waals surface area contributed by atoms with Crippen LogP contribution in [0.25, 0.3) is 11.5 Å². The largest absolute Gasteiger partial charge is 0.454 e. The van der Waals surface area contributed by atoms with Crippen LogP contribution in [0.3, 0.4) is 0 Å². The van der Waals surface area contributed by atoms with E-state index in [4.69, 9.17) is 9.15 Å². The summed E-state index contributed by atoms with van der Waals surface area (Å²) in [4.78, 5) is 47.4. The van der Waals surface area contributed by atoms with Gasteiger partial charge in [-0.2, -0.15) is 4.68 Å². The highest BCUT2D eigenvalue weighted by molar-refractivity contribution is 5.97. The smallest absolute Gasteiger partial charge is 0.437 e. The Hall–Kier alpha value is -4.21. The SMILES string of the molecule is CNC(=O)c1cccc(NC(=O)COC(=O)Cn2nc(-c3ccccc3)oc2=O)c1. The van der Waals surface area contributed by atoms with Gasteiger partial charge in [0.05, 0.1) is 0 Å². The standard InChI is InChI=1S/C20H18N4O6/c1-21-18(27)14-8-5-9-15(10-14)22-16(25)12-29-17(26)11-24-20(28)30-19(23-24)13-6-3-2-4-7-13/h2-10H,11-12H2,1H3,(H,21,27)(H,22,25). The molecule has 154 valence electrons. The average molecular weight is 410 g/mol. The van der Waals surface area contributed by atoms with Gasteiger partial charge in [-0.1, -0.05) is 24.3 Å². The number of anilines is 1. The van der Waals surface area contributed by atoms with Crippen molar-refractivity contribution in [3.63, 3.8) is 0 Å². The Labute approximate surface area is 170 Å². The number of benzene rings is 2. The van der Waals surface area contributed by atoms with Crippen molar-refractivity contribution < 1.29 is 23.5 Å². The zero-order valence-electron chi connectivity index (χ0n) is 16.0. The maximum Gasteiger partial charge on any atom is 0.437 e. The maximum atomic E-state index is 12.0. The molecule has 0 saturated carbocycles. The van der Waals surface area contributed by atoms with Crippen molar-refractivity contribution in [1.82, 2.24) is 15.1 Å². The van der Waals surface area contributed by atoms with Gasteiger partial charge < -0.3 is 19.8 Å². The quantitative estimate of drug-likeness (QED) is 0.556. The van der Waals surface area contributed by atoms with Gasteiger partial charge in [-0.3, -0.25) is 14.4 Å². The van der Waals surface area contributed by atoms with Crippen LogP contribution in [-0.4, -0.2) is 41.2 Å². The fraction of sp³-hybridized carbons (Fsp3) is 0.150. The summed E-state index contributed by atoms with van der Waals surface area (Å²) >= 11 is 0. The molecule has 0 atom stereocenters. The fourth-order valence-corrected chi connectivity index (χ4v) is 2.50. The average Bonchev–Trinajstić information content (AvgIpc) is 3.12. The lowest BCUT2D eigenvalue weighted by Crippen LogP contribution is -2.26. The Bertz CT molecular complexity index is 1120. The highest BCUT2D eigenvalue weighted by Gasteiger charge is 2.15. The molecule has 0 fully saturated rings. The number of nitrogens with one attached hydrogen (secondary N) is 2. The van der Waals surface area contributed by atoms with Crippen LogP contribution >= 0.6 is 0 Å². The number of nitrogens with zero attached hydrogens (tertiary/aromatic N) is 2. The molecule has 0 saturated heterocycles. The van der Waals surface area contributed by atoms with Gasteiger partial charge in [-0.25, -0.2) is 4.79 Å². The van der Waals surface area contributed by atoms with Crippen LogP contribution < -0.4 is 16.4 Å². The molecule has 1 aromatic heterocycles. The van der Waals surface area contributed by atoms with Crippen LogP contribution in [-0.2, 0) is 20.9 Å². The van der Waals surface area contributed by atoms with E-state index in [2.05, 4.69) is 15.7 Å². The Morgan fingerprint density at radius 3 is 2.60 bits per heavy atom. The predicted molar refractivity (Wildman–Crippen MR) is 106 cm³/mol. The molecule has 0 bridgehead atoms. The van der Waals surface area contributed by atoms with Crippen molar-refractivity contribution in [3.8, 4) is 11.5 Å². The minimum absolute atomic E-state index is 0.0714. The highest BCUT2D eigenvalue weighted by Crippen LogP contribution is 2.14. The molecular weight excluding hydrogens is 392 g/mol. The van der Waals surface area contributed by atoms with Crippen LogP contribution in [0.1, 0.15) is 10.4 Å². The topological polar surface area (TPSA) is 133 Å². The highest BCUT2D eigenvalue weighted by atomic mass is 16.5. The molecule has 0 radical (unpaired) electrons. The second-order valence-corrected chi connectivity index (χ2v) is 6.07. The van der Waals surface area contributed by atoms with Crippen LogP contribution in [0.5, 0.6) is 0 Å². The lowest BCUT2D eigenvalue weighted by molar-refractivity contribution is -0.148. The molecule has 30 heavy (non-hydrogen) atoms. The van der Waals surface area contributed by atoms with E-state index in [1.165, 1.54) is 13.1 Å². The van der Waals surface area contributed by atoms with Gasteiger partial charge in [-0.05, 0) is 30.3 Å². The second kappa shape index (κ2) is 9.32. The minimum Gasteiger partial charge on any atom is -0.454 e. The summed E-state index contributed by atoms with van der Waals surface area (Å²) in [5.41, 5.74) is 1.32. The predicted octanol–water partition coefficient (Wildman–Crippen LogP) is 1.04. The number of ether oxygens (including phenoxy) is 1. The van der Waals surface area contributed by atoms with E-state index in [1.807, 2.05) is 0 Å². The second-order valence-electron chi connectivity index (χ2n) is 6.07. The number of aromatic nitrogens is 2. The van der Waals surface area contributed by atoms with Crippen molar-refractivity contribution in [2.45, 2.75) is 6.54 Å². The number of esters is 1. The van der Waals surface area contributed by atoms with Crippen molar-refractivity contribution >= 4 is 23.5 Å². The Morgan fingerprint density at radius 2 is 1.87 bits per heavy atom. The summed E-state index contributed by atoms with van der Waals surface area (Å²) in [6, 6.07) is 15.0. The van der Waals surface area contributed by atoms with Crippen LogP contribution in [0.2, 0.25) is 0 Å². The third kappa shape index (κ3) is 5.19. The molecule has 0 aliphatic rings. The van der Waals surface area contributed by atoms with Crippen molar-refractivity contribution in [2.75, 3.05) is 19.0 Å². The molecule has 10 heteroatoms. The van der Waals surface area contributed by atoms with Gasteiger partial charge in [-0.15, -0.1) is 5.10 Å². The fourth-order valence-electron chi connectivity index (χ4n) is 2.50. The number of hydrogen-bond donors (Lipinski definition) is 2. The zero-order chi connectivity index (χ0) is 21.5. The van der Waals surface area contributed by atoms with Crippen molar-refractivity contribution in [1.29, 1.82) is 0 Å². The van der Waals surface area contributed by atoms with E-state index >= 15 is 0 Å². The number of carbonyl (C=O) groups excluding carboxylic acids is 3. The Balaban J connectivity index is 1.54. The van der Waals surface area contributed by atoms with E-state index in [9.17, 15) is 19.2 Å². The Kier molecular flexibility index (Phi) is 6.38. The molecule has 0 unspecified atom stereocenters. The normalized spacial score (nSPS) is 10.3. The molecule has 3 rings (SSSR count). The summed E-state index contributed by atoms with van der Waals surface area (Å²) in [5.74, 6) is -2.48. The number of amides is 2. The third-order valence-corrected chi connectivity index (χ3v) is 3.91. The molecule has 2 aromatic carbocycles. The first-order valence-corrected chi connectivity index (χ1v) is 8.87. The molecule has 2 amide bonds. The van der Waals surface area contributed by atoms with Crippen molar-refractivity contribution in [3.05, 3.63) is 70.7 Å². The van der Waals surface area contributed by atoms with Gasteiger partial charge in [0.15, 0.2) is 6.61 Å². The lowest BCUT2D eigenvalue weighted by atomic mass is 10.2. The first kappa shape index (κ1) is 20.5. The molecule has 2 N–H and O–H groups in total. The molecular formula is C20H18N4O6. The summed E-state index contributed by atoms with van der Waals surface area (Å²) in [5, 5.41) is 8.95. The summed E-state index contributed by atoms with van der Waals surface area (Å²) in [6.45, 7) is -1.07. The van der Waals surface area contributed by atoms with Gasteiger partial charge in [0.1, 0.15) is 6.54 Å². The summed E-state index contributed by atoms with van der Waals surface area (Å²) < 4.78 is 10.7. The molecule has 0 aliphatic heterocycles. The molecule has 0 aliphatic carbocycles. The van der Waals surface area contributed by atoms with E-state index in [0.717, 1.165) is 4.68 Å². The van der Waals surface area contributed by atoms with Gasteiger partial charge in [0.2, 0.25) is 5.89 Å². The van der Waals surface area contributed by atoms with Gasteiger partial charge in [0, 0.05) is 23.9 Å². The number of carbonyl (C=O) groups is 3. The van der Waals surface area contributed by atoms with Crippen LogP contribution in [0.4, 0.5) is 5.69 Å². The molecule has 1 heterocycles. The third-order valence-electron chi connectivity index (χ3n) is 3.91.